The van der Waals surface area contributed by atoms with E-state index in [1.54, 1.807) is 11.9 Å². The summed E-state index contributed by atoms with van der Waals surface area (Å²) >= 11 is 0. The van der Waals surface area contributed by atoms with E-state index in [9.17, 15) is 19.5 Å². The molecular formula is C15H24N2O4. The first-order valence-corrected chi connectivity index (χ1v) is 7.70. The molecule has 0 radical (unpaired) electrons. The molecule has 1 aliphatic carbocycles. The van der Waals surface area contributed by atoms with Gasteiger partial charge in [-0.25, -0.2) is 0 Å². The van der Waals surface area contributed by atoms with Crippen molar-refractivity contribution in [3.05, 3.63) is 0 Å². The predicted octanol–water partition coefficient (Wildman–Crippen LogP) is 0.860. The number of hydrogen-bond donors (Lipinski definition) is 2. The molecule has 0 bridgehead atoms. The molecule has 0 spiro atoms. The molecular weight excluding hydrogens is 272 g/mol. The lowest BCUT2D eigenvalue weighted by Gasteiger charge is -2.36. The number of piperidine rings is 1. The van der Waals surface area contributed by atoms with Gasteiger partial charge in [-0.3, -0.25) is 14.4 Å². The van der Waals surface area contributed by atoms with Crippen LogP contribution >= 0.6 is 0 Å². The molecule has 0 aromatic rings. The van der Waals surface area contributed by atoms with Crippen molar-refractivity contribution < 1.29 is 19.5 Å². The molecule has 4 atom stereocenters. The Morgan fingerprint density at radius 1 is 1.14 bits per heavy atom. The standard InChI is InChI=1S/C15H24N2O4/c1-9-7-10(11(8-9)15(20)21)14(19)17-6-4-3-5-12(17)13(18)16-2/h9-12H,3-8H2,1-2H3,(H,16,18)(H,20,21)/t9?,10-,11+,12?/m0/s1. The molecule has 1 saturated carbocycles. The maximum absolute atomic E-state index is 12.8. The van der Waals surface area contributed by atoms with Crippen LogP contribution in [0.5, 0.6) is 0 Å². The van der Waals surface area contributed by atoms with Gasteiger partial charge in [-0.15, -0.1) is 0 Å². The number of carbonyl (C=O) groups excluding carboxylic acids is 2. The Morgan fingerprint density at radius 2 is 1.81 bits per heavy atom. The van der Waals surface area contributed by atoms with Crippen LogP contribution in [-0.2, 0) is 14.4 Å². The maximum atomic E-state index is 12.8. The second-order valence-corrected chi connectivity index (χ2v) is 6.29. The van der Waals surface area contributed by atoms with Gasteiger partial charge in [0, 0.05) is 13.6 Å². The van der Waals surface area contributed by atoms with E-state index in [0.29, 0.717) is 25.8 Å². The van der Waals surface area contributed by atoms with E-state index in [1.807, 2.05) is 6.92 Å². The highest BCUT2D eigenvalue weighted by atomic mass is 16.4. The fourth-order valence-electron chi connectivity index (χ4n) is 3.69. The highest BCUT2D eigenvalue weighted by Crippen LogP contribution is 2.38. The molecule has 1 saturated heterocycles. The van der Waals surface area contributed by atoms with Crippen molar-refractivity contribution in [1.82, 2.24) is 10.2 Å². The zero-order valence-corrected chi connectivity index (χ0v) is 12.7. The molecule has 2 N–H and O–H groups in total. The number of likely N-dealkylation sites (tertiary alicyclic amines) is 1. The monoisotopic (exact) mass is 296 g/mol. The Bertz CT molecular complexity index is 437. The molecule has 0 aromatic carbocycles. The van der Waals surface area contributed by atoms with Crippen LogP contribution in [0, 0.1) is 17.8 Å². The number of likely N-dealkylation sites (N-methyl/N-ethyl adjacent to an activating group) is 1. The number of nitrogens with zero attached hydrogens (tertiary/aromatic N) is 1. The van der Waals surface area contributed by atoms with Crippen LogP contribution in [0.2, 0.25) is 0 Å². The Labute approximate surface area is 124 Å². The zero-order chi connectivity index (χ0) is 15.6. The minimum atomic E-state index is -0.897. The normalized spacial score (nSPS) is 32.8. The molecule has 2 fully saturated rings. The fourth-order valence-corrected chi connectivity index (χ4v) is 3.69. The largest absolute Gasteiger partial charge is 0.481 e. The van der Waals surface area contributed by atoms with Crippen LogP contribution in [0.25, 0.3) is 0 Å². The number of rotatable bonds is 3. The van der Waals surface area contributed by atoms with E-state index in [2.05, 4.69) is 5.32 Å². The quantitative estimate of drug-likeness (QED) is 0.808. The second-order valence-electron chi connectivity index (χ2n) is 6.29. The summed E-state index contributed by atoms with van der Waals surface area (Å²) in [5.74, 6) is -2.06. The van der Waals surface area contributed by atoms with Gasteiger partial charge in [0.1, 0.15) is 6.04 Å². The third-order valence-electron chi connectivity index (χ3n) is 4.77. The summed E-state index contributed by atoms with van der Waals surface area (Å²) < 4.78 is 0. The number of nitrogens with one attached hydrogen (secondary N) is 1. The van der Waals surface area contributed by atoms with E-state index in [4.69, 9.17) is 0 Å². The van der Waals surface area contributed by atoms with E-state index in [0.717, 1.165) is 12.8 Å². The Balaban J connectivity index is 2.16. The molecule has 21 heavy (non-hydrogen) atoms. The fraction of sp³-hybridized carbons (Fsp3) is 0.800. The second kappa shape index (κ2) is 6.45. The molecule has 2 aliphatic rings. The van der Waals surface area contributed by atoms with Crippen molar-refractivity contribution in [2.45, 2.75) is 45.1 Å². The Morgan fingerprint density at radius 3 is 2.43 bits per heavy atom. The van der Waals surface area contributed by atoms with Crippen molar-refractivity contribution in [2.75, 3.05) is 13.6 Å². The molecule has 6 nitrogen and oxygen atoms in total. The van der Waals surface area contributed by atoms with Crippen molar-refractivity contribution in [1.29, 1.82) is 0 Å². The highest BCUT2D eigenvalue weighted by Gasteiger charge is 2.45. The summed E-state index contributed by atoms with van der Waals surface area (Å²) in [6, 6.07) is -0.443. The number of carboxylic acid groups (broad SMARTS) is 1. The third kappa shape index (κ3) is 3.19. The first-order chi connectivity index (χ1) is 9.95. The van der Waals surface area contributed by atoms with Gasteiger partial charge >= 0.3 is 5.97 Å². The molecule has 2 amide bonds. The molecule has 6 heteroatoms. The molecule has 1 heterocycles. The van der Waals surface area contributed by atoms with Gasteiger partial charge in [0.05, 0.1) is 11.8 Å². The minimum Gasteiger partial charge on any atom is -0.481 e. The smallest absolute Gasteiger partial charge is 0.307 e. The van der Waals surface area contributed by atoms with Gasteiger partial charge in [0.2, 0.25) is 11.8 Å². The first-order valence-electron chi connectivity index (χ1n) is 7.70. The van der Waals surface area contributed by atoms with Gasteiger partial charge in [-0.1, -0.05) is 6.92 Å². The van der Waals surface area contributed by atoms with Crippen molar-refractivity contribution in [2.24, 2.45) is 17.8 Å². The number of amides is 2. The lowest BCUT2D eigenvalue weighted by molar-refractivity contribution is -0.152. The number of carbonyl (C=O) groups is 3. The summed E-state index contributed by atoms with van der Waals surface area (Å²) in [4.78, 5) is 37.7. The van der Waals surface area contributed by atoms with Crippen LogP contribution in [0.3, 0.4) is 0 Å². The van der Waals surface area contributed by atoms with Gasteiger partial charge in [0.25, 0.3) is 0 Å². The minimum absolute atomic E-state index is 0.152. The molecule has 2 unspecified atom stereocenters. The van der Waals surface area contributed by atoms with Crippen LogP contribution in [0.1, 0.15) is 39.0 Å². The molecule has 1 aliphatic heterocycles. The maximum Gasteiger partial charge on any atom is 0.307 e. The van der Waals surface area contributed by atoms with Crippen LogP contribution in [0.15, 0.2) is 0 Å². The summed E-state index contributed by atoms with van der Waals surface area (Å²) in [5.41, 5.74) is 0. The average molecular weight is 296 g/mol. The Kier molecular flexibility index (Phi) is 4.85. The lowest BCUT2D eigenvalue weighted by atomic mass is 9.92. The van der Waals surface area contributed by atoms with Crippen molar-refractivity contribution in [3.8, 4) is 0 Å². The zero-order valence-electron chi connectivity index (χ0n) is 12.7. The lowest BCUT2D eigenvalue weighted by Crippen LogP contribution is -2.53. The molecule has 2 rings (SSSR count). The SMILES string of the molecule is CNC(=O)C1CCCCN1C(=O)[C@H]1CC(C)C[C@H]1C(=O)O. The van der Waals surface area contributed by atoms with Gasteiger partial charge in [0.15, 0.2) is 0 Å². The van der Waals surface area contributed by atoms with Crippen molar-refractivity contribution in [3.63, 3.8) is 0 Å². The Hall–Kier alpha value is -1.59. The van der Waals surface area contributed by atoms with Crippen molar-refractivity contribution >= 4 is 17.8 Å². The van der Waals surface area contributed by atoms with Crippen LogP contribution in [0.4, 0.5) is 0 Å². The molecule has 118 valence electrons. The van der Waals surface area contributed by atoms with Gasteiger partial charge < -0.3 is 15.3 Å². The summed E-state index contributed by atoms with van der Waals surface area (Å²) in [6.07, 6.45) is 3.60. The topological polar surface area (TPSA) is 86.7 Å². The van der Waals surface area contributed by atoms with Gasteiger partial charge in [-0.05, 0) is 38.0 Å². The third-order valence-corrected chi connectivity index (χ3v) is 4.77. The predicted molar refractivity (Wildman–Crippen MR) is 76.4 cm³/mol. The van der Waals surface area contributed by atoms with E-state index >= 15 is 0 Å². The molecule has 0 aromatic heterocycles. The summed E-state index contributed by atoms with van der Waals surface area (Å²) in [6.45, 7) is 2.53. The summed E-state index contributed by atoms with van der Waals surface area (Å²) in [5, 5.41) is 11.9. The summed E-state index contributed by atoms with van der Waals surface area (Å²) in [7, 11) is 1.57. The number of aliphatic carboxylic acids is 1. The first kappa shape index (κ1) is 15.8. The number of hydrogen-bond acceptors (Lipinski definition) is 3. The van der Waals surface area contributed by atoms with E-state index < -0.39 is 23.8 Å². The van der Waals surface area contributed by atoms with Crippen LogP contribution in [-0.4, -0.2) is 47.4 Å². The average Bonchev–Trinajstić information content (AvgIpc) is 2.88. The van der Waals surface area contributed by atoms with E-state index in [-0.39, 0.29) is 17.7 Å². The highest BCUT2D eigenvalue weighted by molar-refractivity contribution is 5.90. The number of carboxylic acids is 1. The van der Waals surface area contributed by atoms with E-state index in [1.165, 1.54) is 0 Å². The van der Waals surface area contributed by atoms with Crippen LogP contribution < -0.4 is 5.32 Å². The van der Waals surface area contributed by atoms with Gasteiger partial charge in [-0.2, -0.15) is 0 Å².